The third-order valence-electron chi connectivity index (χ3n) is 7.23. The lowest BCUT2D eigenvalue weighted by Gasteiger charge is -2.37. The van der Waals surface area contributed by atoms with Crippen LogP contribution in [0.1, 0.15) is 34.3 Å². The van der Waals surface area contributed by atoms with Gasteiger partial charge in [-0.25, -0.2) is 0 Å². The molecule has 9 nitrogen and oxygen atoms in total. The molecule has 3 heterocycles. The number of nitrogens with one attached hydrogen (secondary N) is 1. The van der Waals surface area contributed by atoms with Crippen LogP contribution in [0.15, 0.2) is 30.3 Å². The van der Waals surface area contributed by atoms with Crippen LogP contribution in [0.4, 0.5) is 0 Å². The molecule has 0 radical (unpaired) electrons. The molecule has 0 aromatic heterocycles. The van der Waals surface area contributed by atoms with Crippen LogP contribution in [0.5, 0.6) is 23.0 Å². The van der Waals surface area contributed by atoms with Crippen molar-refractivity contribution in [3.8, 4) is 23.0 Å². The molecule has 1 fully saturated rings. The molecule has 0 spiro atoms. The molecule has 2 amide bonds. The Labute approximate surface area is 211 Å². The third kappa shape index (κ3) is 5.06. The number of nitrogens with zero attached hydrogens (tertiary/aromatic N) is 2. The molecule has 1 unspecified atom stereocenters. The zero-order valence-corrected chi connectivity index (χ0v) is 20.9. The Morgan fingerprint density at radius 1 is 1.03 bits per heavy atom. The van der Waals surface area contributed by atoms with E-state index >= 15 is 0 Å². The van der Waals surface area contributed by atoms with E-state index in [1.165, 1.54) is 5.56 Å². The predicted molar refractivity (Wildman–Crippen MR) is 133 cm³/mol. The minimum Gasteiger partial charge on any atom is -0.493 e. The fourth-order valence-corrected chi connectivity index (χ4v) is 5.26. The zero-order valence-electron chi connectivity index (χ0n) is 20.9. The van der Waals surface area contributed by atoms with Crippen molar-refractivity contribution in [3.05, 3.63) is 47.0 Å². The summed E-state index contributed by atoms with van der Waals surface area (Å²) in [6.45, 7) is 4.37. The van der Waals surface area contributed by atoms with Crippen LogP contribution in [-0.4, -0.2) is 75.4 Å². The van der Waals surface area contributed by atoms with Crippen molar-refractivity contribution in [2.45, 2.75) is 25.8 Å². The van der Waals surface area contributed by atoms with Gasteiger partial charge in [-0.15, -0.1) is 0 Å². The minimum absolute atomic E-state index is 0.0231. The molecule has 1 atom stereocenters. The Bertz CT molecular complexity index is 1140. The van der Waals surface area contributed by atoms with Gasteiger partial charge in [0.15, 0.2) is 23.0 Å². The number of methoxy groups -OCH3 is 2. The highest BCUT2D eigenvalue weighted by Gasteiger charge is 2.31. The molecule has 0 bridgehead atoms. The van der Waals surface area contributed by atoms with E-state index in [-0.39, 0.29) is 24.5 Å². The highest BCUT2D eigenvalue weighted by Crippen LogP contribution is 2.34. The van der Waals surface area contributed by atoms with Crippen LogP contribution >= 0.6 is 0 Å². The average Bonchev–Trinajstić information content (AvgIpc) is 3.39. The standard InChI is InChI=1S/C27H33N3O6/c1-33-23-12-18-7-10-30(16-21(18)14-24(23)34-2)27(32)20-4-3-9-29(15-20)11-8-28-26(31)19-5-6-22-25(13-19)36-17-35-22/h5-6,12-14,20H,3-4,7-11,15-17H2,1-2H3,(H,28,31). The highest BCUT2D eigenvalue weighted by atomic mass is 16.7. The van der Waals surface area contributed by atoms with Crippen LogP contribution in [-0.2, 0) is 17.8 Å². The number of benzene rings is 2. The van der Waals surface area contributed by atoms with Gasteiger partial charge in [-0.2, -0.15) is 0 Å². The Morgan fingerprint density at radius 2 is 1.81 bits per heavy atom. The maximum absolute atomic E-state index is 13.4. The van der Waals surface area contributed by atoms with Crippen molar-refractivity contribution < 1.29 is 28.5 Å². The molecule has 9 heteroatoms. The van der Waals surface area contributed by atoms with Crippen LogP contribution in [0, 0.1) is 5.92 Å². The van der Waals surface area contributed by atoms with Crippen LogP contribution in [0.2, 0.25) is 0 Å². The summed E-state index contributed by atoms with van der Waals surface area (Å²) < 4.78 is 21.5. The first-order valence-electron chi connectivity index (χ1n) is 12.5. The lowest BCUT2D eigenvalue weighted by molar-refractivity contribution is -0.138. The topological polar surface area (TPSA) is 89.6 Å². The van der Waals surface area contributed by atoms with E-state index in [0.29, 0.717) is 55.5 Å². The van der Waals surface area contributed by atoms with E-state index in [0.717, 1.165) is 37.1 Å². The molecule has 5 rings (SSSR count). The van der Waals surface area contributed by atoms with E-state index in [2.05, 4.69) is 10.2 Å². The highest BCUT2D eigenvalue weighted by molar-refractivity contribution is 5.94. The molecule has 1 N–H and O–H groups in total. The van der Waals surface area contributed by atoms with Gasteiger partial charge in [0, 0.05) is 38.3 Å². The largest absolute Gasteiger partial charge is 0.493 e. The number of fused-ring (bicyclic) bond motifs is 2. The molecule has 0 saturated carbocycles. The first-order valence-corrected chi connectivity index (χ1v) is 12.5. The Kier molecular flexibility index (Phi) is 7.18. The second-order valence-electron chi connectivity index (χ2n) is 9.45. The molecule has 2 aromatic carbocycles. The predicted octanol–water partition coefficient (Wildman–Crippen LogP) is 2.46. The maximum Gasteiger partial charge on any atom is 0.251 e. The number of piperidine rings is 1. The van der Waals surface area contributed by atoms with Gasteiger partial charge in [0.2, 0.25) is 12.7 Å². The number of likely N-dealkylation sites (tertiary alicyclic amines) is 1. The first kappa shape index (κ1) is 24.2. The van der Waals surface area contributed by atoms with Crippen molar-refractivity contribution >= 4 is 11.8 Å². The van der Waals surface area contributed by atoms with E-state index in [4.69, 9.17) is 18.9 Å². The lowest BCUT2D eigenvalue weighted by atomic mass is 9.93. The second kappa shape index (κ2) is 10.7. The summed E-state index contributed by atoms with van der Waals surface area (Å²) in [5.41, 5.74) is 2.87. The van der Waals surface area contributed by atoms with Crippen molar-refractivity contribution in [3.63, 3.8) is 0 Å². The van der Waals surface area contributed by atoms with Gasteiger partial charge in [-0.3, -0.25) is 9.59 Å². The number of amides is 2. The van der Waals surface area contributed by atoms with Crippen molar-refractivity contribution in [1.29, 1.82) is 0 Å². The molecule has 192 valence electrons. The molecular formula is C27H33N3O6. The summed E-state index contributed by atoms with van der Waals surface area (Å²) in [5.74, 6) is 2.72. The summed E-state index contributed by atoms with van der Waals surface area (Å²) in [6, 6.07) is 9.21. The van der Waals surface area contributed by atoms with E-state index in [9.17, 15) is 9.59 Å². The van der Waals surface area contributed by atoms with Gasteiger partial charge in [0.05, 0.1) is 20.1 Å². The van der Waals surface area contributed by atoms with Crippen LogP contribution in [0.3, 0.4) is 0 Å². The Balaban J connectivity index is 1.13. The monoisotopic (exact) mass is 495 g/mol. The SMILES string of the molecule is COc1cc2c(cc1OC)CN(C(=O)C1CCCN(CCNC(=O)c3ccc4c(c3)OCO4)C1)CC2. The molecule has 2 aromatic rings. The third-order valence-corrected chi connectivity index (χ3v) is 7.23. The normalized spacial score (nSPS) is 18.9. The number of hydrogen-bond acceptors (Lipinski definition) is 7. The number of carbonyl (C=O) groups is 2. The molecule has 3 aliphatic rings. The van der Waals surface area contributed by atoms with Crippen molar-refractivity contribution in [1.82, 2.24) is 15.1 Å². The Hall–Kier alpha value is -3.46. The quantitative estimate of drug-likeness (QED) is 0.631. The van der Waals surface area contributed by atoms with Gasteiger partial charge in [-0.05, 0) is 67.3 Å². The molecule has 36 heavy (non-hydrogen) atoms. The van der Waals surface area contributed by atoms with Crippen LogP contribution in [0.25, 0.3) is 0 Å². The number of ether oxygens (including phenoxy) is 4. The summed E-state index contributed by atoms with van der Waals surface area (Å²) in [5, 5.41) is 2.98. The van der Waals surface area contributed by atoms with Gasteiger partial charge in [0.1, 0.15) is 0 Å². The van der Waals surface area contributed by atoms with Gasteiger partial charge >= 0.3 is 0 Å². The van der Waals surface area contributed by atoms with Gasteiger partial charge < -0.3 is 34.1 Å². The summed E-state index contributed by atoms with van der Waals surface area (Å²) in [4.78, 5) is 30.2. The molecule has 3 aliphatic heterocycles. The van der Waals surface area contributed by atoms with E-state index in [1.54, 1.807) is 32.4 Å². The minimum atomic E-state index is -0.142. The number of rotatable bonds is 7. The molecule has 0 aliphatic carbocycles. The van der Waals surface area contributed by atoms with Crippen molar-refractivity contribution in [2.24, 2.45) is 5.92 Å². The van der Waals surface area contributed by atoms with E-state index in [1.807, 2.05) is 17.0 Å². The van der Waals surface area contributed by atoms with E-state index < -0.39 is 0 Å². The average molecular weight is 496 g/mol. The number of hydrogen-bond donors (Lipinski definition) is 1. The lowest BCUT2D eigenvalue weighted by Crippen LogP contribution is -2.47. The smallest absolute Gasteiger partial charge is 0.251 e. The summed E-state index contributed by atoms with van der Waals surface area (Å²) in [6.07, 6.45) is 2.68. The fourth-order valence-electron chi connectivity index (χ4n) is 5.26. The Morgan fingerprint density at radius 3 is 2.61 bits per heavy atom. The molecule has 1 saturated heterocycles. The van der Waals surface area contributed by atoms with Crippen LogP contribution < -0.4 is 24.3 Å². The summed E-state index contributed by atoms with van der Waals surface area (Å²) >= 11 is 0. The van der Waals surface area contributed by atoms with Gasteiger partial charge in [0.25, 0.3) is 5.91 Å². The zero-order chi connectivity index (χ0) is 25.1. The molecular weight excluding hydrogens is 462 g/mol. The summed E-state index contributed by atoms with van der Waals surface area (Å²) in [7, 11) is 3.27. The first-order chi connectivity index (χ1) is 17.6. The van der Waals surface area contributed by atoms with Gasteiger partial charge in [-0.1, -0.05) is 0 Å². The van der Waals surface area contributed by atoms with Crippen molar-refractivity contribution in [2.75, 3.05) is 53.7 Å². The second-order valence-corrected chi connectivity index (χ2v) is 9.45. The number of carbonyl (C=O) groups excluding carboxylic acids is 2. The fraction of sp³-hybridized carbons (Fsp3) is 0.481. The maximum atomic E-state index is 13.4.